The number of nitrogens with two attached hydrogens (primary N) is 1. The Morgan fingerprint density at radius 3 is 3.06 bits per heavy atom. The Morgan fingerprint density at radius 1 is 1.31 bits per heavy atom. The highest BCUT2D eigenvalue weighted by molar-refractivity contribution is 7.10. The van der Waals surface area contributed by atoms with Gasteiger partial charge in [-0.3, -0.25) is 0 Å². The number of nitrogen functional groups attached to an aromatic ring is 1. The van der Waals surface area contributed by atoms with Crippen molar-refractivity contribution in [2.24, 2.45) is 0 Å². The van der Waals surface area contributed by atoms with E-state index >= 15 is 0 Å². The molecule has 0 bridgehead atoms. The SMILES string of the molecule is Nc1ccc(N2CCc3sccc3C2)nc1. The van der Waals surface area contributed by atoms with Gasteiger partial charge in [-0.15, -0.1) is 11.3 Å². The molecule has 82 valence electrons. The molecule has 0 saturated carbocycles. The molecule has 3 rings (SSSR count). The maximum Gasteiger partial charge on any atom is 0.128 e. The van der Waals surface area contributed by atoms with E-state index < -0.39 is 0 Å². The molecule has 0 aliphatic carbocycles. The van der Waals surface area contributed by atoms with Crippen LogP contribution in [0.3, 0.4) is 0 Å². The van der Waals surface area contributed by atoms with Crippen LogP contribution in [0.2, 0.25) is 0 Å². The van der Waals surface area contributed by atoms with E-state index in [0.717, 1.165) is 31.0 Å². The summed E-state index contributed by atoms with van der Waals surface area (Å²) in [4.78, 5) is 8.18. The predicted octanol–water partition coefficient (Wildman–Crippen LogP) is 2.29. The molecule has 0 radical (unpaired) electrons. The van der Waals surface area contributed by atoms with Crippen LogP contribution in [0.25, 0.3) is 0 Å². The maximum absolute atomic E-state index is 5.64. The second kappa shape index (κ2) is 3.79. The largest absolute Gasteiger partial charge is 0.397 e. The zero-order valence-corrected chi connectivity index (χ0v) is 9.70. The van der Waals surface area contributed by atoms with Crippen LogP contribution in [0.5, 0.6) is 0 Å². The van der Waals surface area contributed by atoms with Crippen molar-refractivity contribution < 1.29 is 0 Å². The summed E-state index contributed by atoms with van der Waals surface area (Å²) in [6.45, 7) is 2.01. The number of hydrogen-bond acceptors (Lipinski definition) is 4. The molecule has 0 fully saturated rings. The first-order valence-corrected chi connectivity index (χ1v) is 6.22. The van der Waals surface area contributed by atoms with Gasteiger partial charge in [0.05, 0.1) is 11.9 Å². The van der Waals surface area contributed by atoms with Crippen LogP contribution in [-0.2, 0) is 13.0 Å². The summed E-state index contributed by atoms with van der Waals surface area (Å²) < 4.78 is 0. The summed E-state index contributed by atoms with van der Waals surface area (Å²) in [6, 6.07) is 6.11. The van der Waals surface area contributed by atoms with Crippen molar-refractivity contribution in [3.63, 3.8) is 0 Å². The summed E-state index contributed by atoms with van der Waals surface area (Å²) >= 11 is 1.86. The molecule has 0 spiro atoms. The summed E-state index contributed by atoms with van der Waals surface area (Å²) in [5.41, 5.74) is 7.80. The van der Waals surface area contributed by atoms with Gasteiger partial charge < -0.3 is 10.6 Å². The van der Waals surface area contributed by atoms with E-state index in [2.05, 4.69) is 21.3 Å². The third-order valence-corrected chi connectivity index (χ3v) is 3.93. The van der Waals surface area contributed by atoms with E-state index in [4.69, 9.17) is 5.73 Å². The second-order valence-electron chi connectivity index (χ2n) is 3.99. The Labute approximate surface area is 98.5 Å². The van der Waals surface area contributed by atoms with Gasteiger partial charge in [-0.2, -0.15) is 0 Å². The van der Waals surface area contributed by atoms with Gasteiger partial charge in [-0.05, 0) is 35.6 Å². The van der Waals surface area contributed by atoms with E-state index in [-0.39, 0.29) is 0 Å². The fourth-order valence-corrected chi connectivity index (χ4v) is 2.92. The maximum atomic E-state index is 5.64. The topological polar surface area (TPSA) is 42.1 Å². The lowest BCUT2D eigenvalue weighted by atomic mass is 10.1. The minimum absolute atomic E-state index is 0.719. The van der Waals surface area contributed by atoms with E-state index in [1.807, 2.05) is 23.5 Å². The molecule has 0 amide bonds. The van der Waals surface area contributed by atoms with Gasteiger partial charge in [0, 0.05) is 18.0 Å². The summed E-state index contributed by atoms with van der Waals surface area (Å²) in [5, 5.41) is 2.17. The molecular weight excluding hydrogens is 218 g/mol. The molecule has 3 heterocycles. The van der Waals surface area contributed by atoms with Crippen LogP contribution in [0.1, 0.15) is 10.4 Å². The lowest BCUT2D eigenvalue weighted by molar-refractivity contribution is 0.732. The molecule has 2 aromatic heterocycles. The van der Waals surface area contributed by atoms with Crippen molar-refractivity contribution in [3.8, 4) is 0 Å². The molecular formula is C12H13N3S. The van der Waals surface area contributed by atoms with Crippen LogP contribution < -0.4 is 10.6 Å². The molecule has 2 N–H and O–H groups in total. The van der Waals surface area contributed by atoms with Crippen LogP contribution >= 0.6 is 11.3 Å². The predicted molar refractivity (Wildman–Crippen MR) is 67.7 cm³/mol. The quantitative estimate of drug-likeness (QED) is 0.818. The first kappa shape index (κ1) is 9.66. The smallest absolute Gasteiger partial charge is 0.128 e. The lowest BCUT2D eigenvalue weighted by Gasteiger charge is -2.27. The Balaban J connectivity index is 1.86. The number of aromatic nitrogens is 1. The highest BCUT2D eigenvalue weighted by Crippen LogP contribution is 2.26. The minimum Gasteiger partial charge on any atom is -0.397 e. The average molecular weight is 231 g/mol. The standard InChI is InChI=1S/C12H13N3S/c13-10-1-2-12(14-7-10)15-5-3-11-9(8-15)4-6-16-11/h1-2,4,6-7H,3,5,8,13H2. The number of nitrogens with zero attached hydrogens (tertiary/aromatic N) is 2. The molecule has 4 heteroatoms. The Hall–Kier alpha value is -1.55. The molecule has 1 aliphatic rings. The Bertz CT molecular complexity index is 489. The van der Waals surface area contributed by atoms with Gasteiger partial charge in [-0.1, -0.05) is 0 Å². The summed E-state index contributed by atoms with van der Waals surface area (Å²) in [7, 11) is 0. The van der Waals surface area contributed by atoms with E-state index in [9.17, 15) is 0 Å². The zero-order chi connectivity index (χ0) is 11.0. The molecule has 0 atom stereocenters. The van der Waals surface area contributed by atoms with Crippen LogP contribution in [0.4, 0.5) is 11.5 Å². The van der Waals surface area contributed by atoms with Crippen LogP contribution in [0, 0.1) is 0 Å². The molecule has 2 aromatic rings. The lowest BCUT2D eigenvalue weighted by Crippen LogP contribution is -2.29. The normalized spacial score (nSPS) is 14.9. The highest BCUT2D eigenvalue weighted by Gasteiger charge is 2.17. The summed E-state index contributed by atoms with van der Waals surface area (Å²) in [6.07, 6.45) is 2.84. The van der Waals surface area contributed by atoms with Crippen molar-refractivity contribution in [2.75, 3.05) is 17.2 Å². The fraction of sp³-hybridized carbons (Fsp3) is 0.250. The van der Waals surface area contributed by atoms with Gasteiger partial charge in [-0.25, -0.2) is 4.98 Å². The van der Waals surface area contributed by atoms with Crippen molar-refractivity contribution in [2.45, 2.75) is 13.0 Å². The van der Waals surface area contributed by atoms with Gasteiger partial charge in [0.1, 0.15) is 5.82 Å². The number of anilines is 2. The molecule has 0 aromatic carbocycles. The number of pyridine rings is 1. The summed E-state index contributed by atoms with van der Waals surface area (Å²) in [5.74, 6) is 1.02. The fourth-order valence-electron chi connectivity index (χ4n) is 2.03. The van der Waals surface area contributed by atoms with Gasteiger partial charge >= 0.3 is 0 Å². The Kier molecular flexibility index (Phi) is 2.29. The van der Waals surface area contributed by atoms with E-state index in [0.29, 0.717) is 0 Å². The van der Waals surface area contributed by atoms with Crippen molar-refractivity contribution in [3.05, 3.63) is 40.2 Å². The zero-order valence-electron chi connectivity index (χ0n) is 8.89. The third kappa shape index (κ3) is 1.65. The molecule has 3 nitrogen and oxygen atoms in total. The van der Waals surface area contributed by atoms with E-state index in [1.54, 1.807) is 6.20 Å². The number of fused-ring (bicyclic) bond motifs is 1. The monoisotopic (exact) mass is 231 g/mol. The van der Waals surface area contributed by atoms with Gasteiger partial charge in [0.25, 0.3) is 0 Å². The van der Waals surface area contributed by atoms with Gasteiger partial charge in [0.15, 0.2) is 0 Å². The minimum atomic E-state index is 0.719. The first-order chi connectivity index (χ1) is 7.83. The van der Waals surface area contributed by atoms with Gasteiger partial charge in [0.2, 0.25) is 0 Å². The van der Waals surface area contributed by atoms with Crippen molar-refractivity contribution in [1.82, 2.24) is 4.98 Å². The molecule has 1 aliphatic heterocycles. The molecule has 0 saturated heterocycles. The van der Waals surface area contributed by atoms with Crippen molar-refractivity contribution in [1.29, 1.82) is 0 Å². The Morgan fingerprint density at radius 2 is 2.25 bits per heavy atom. The number of hydrogen-bond donors (Lipinski definition) is 1. The van der Waals surface area contributed by atoms with Crippen LogP contribution in [-0.4, -0.2) is 11.5 Å². The highest BCUT2D eigenvalue weighted by atomic mass is 32.1. The van der Waals surface area contributed by atoms with Crippen molar-refractivity contribution >= 4 is 22.8 Å². The van der Waals surface area contributed by atoms with Crippen LogP contribution in [0.15, 0.2) is 29.8 Å². The number of rotatable bonds is 1. The van der Waals surface area contributed by atoms with E-state index in [1.165, 1.54) is 10.4 Å². The molecule has 0 unspecified atom stereocenters. The third-order valence-electron chi connectivity index (χ3n) is 2.90. The molecule has 16 heavy (non-hydrogen) atoms. The second-order valence-corrected chi connectivity index (χ2v) is 4.99. The number of thiophene rings is 1. The average Bonchev–Trinajstić information content (AvgIpc) is 2.77. The first-order valence-electron chi connectivity index (χ1n) is 5.34.